The van der Waals surface area contributed by atoms with Gasteiger partial charge in [-0.2, -0.15) is 0 Å². The second-order valence-electron chi connectivity index (χ2n) is 5.95. The van der Waals surface area contributed by atoms with Gasteiger partial charge in [-0.3, -0.25) is 9.78 Å². The SMILES string of the molecule is COc1c(C)cnc(CC(=O)CCC2CCCCN2)c1C. The van der Waals surface area contributed by atoms with Gasteiger partial charge in [0.15, 0.2) is 0 Å². The van der Waals surface area contributed by atoms with Gasteiger partial charge < -0.3 is 10.1 Å². The van der Waals surface area contributed by atoms with Gasteiger partial charge >= 0.3 is 0 Å². The van der Waals surface area contributed by atoms with Crippen molar-refractivity contribution in [3.05, 3.63) is 23.0 Å². The second kappa shape index (κ2) is 7.55. The molecule has 4 heteroatoms. The first kappa shape index (κ1) is 16.0. The molecule has 2 rings (SSSR count). The Kier molecular flexibility index (Phi) is 5.74. The number of rotatable bonds is 6. The zero-order valence-electron chi connectivity index (χ0n) is 13.4. The number of ketones is 1. The van der Waals surface area contributed by atoms with E-state index >= 15 is 0 Å². The maximum absolute atomic E-state index is 12.2. The van der Waals surface area contributed by atoms with Crippen molar-refractivity contribution in [3.63, 3.8) is 0 Å². The van der Waals surface area contributed by atoms with Gasteiger partial charge in [-0.25, -0.2) is 0 Å². The Hall–Kier alpha value is -1.42. The van der Waals surface area contributed by atoms with E-state index in [1.165, 1.54) is 19.3 Å². The first-order valence-electron chi connectivity index (χ1n) is 7.86. The lowest BCUT2D eigenvalue weighted by Gasteiger charge is -2.23. The van der Waals surface area contributed by atoms with E-state index < -0.39 is 0 Å². The summed E-state index contributed by atoms with van der Waals surface area (Å²) in [6, 6.07) is 0.518. The first-order valence-corrected chi connectivity index (χ1v) is 7.86. The zero-order chi connectivity index (χ0) is 15.2. The van der Waals surface area contributed by atoms with Crippen LogP contribution in [0.3, 0.4) is 0 Å². The molecule has 0 bridgehead atoms. The number of nitrogens with one attached hydrogen (secondary N) is 1. The van der Waals surface area contributed by atoms with Gasteiger partial charge in [0, 0.05) is 36.2 Å². The zero-order valence-corrected chi connectivity index (χ0v) is 13.4. The number of nitrogens with zero attached hydrogens (tertiary/aromatic N) is 1. The molecular weight excluding hydrogens is 264 g/mol. The van der Waals surface area contributed by atoms with Gasteiger partial charge in [0.2, 0.25) is 0 Å². The number of carbonyl (C=O) groups is 1. The molecule has 4 nitrogen and oxygen atoms in total. The number of pyridine rings is 1. The molecule has 1 N–H and O–H groups in total. The van der Waals surface area contributed by atoms with Crippen molar-refractivity contribution in [3.8, 4) is 5.75 Å². The topological polar surface area (TPSA) is 51.2 Å². The predicted octanol–water partition coefficient (Wildman–Crippen LogP) is 2.74. The molecule has 21 heavy (non-hydrogen) atoms. The average Bonchev–Trinajstić information content (AvgIpc) is 2.50. The van der Waals surface area contributed by atoms with E-state index in [4.69, 9.17) is 4.74 Å². The van der Waals surface area contributed by atoms with E-state index in [2.05, 4.69) is 10.3 Å². The third-order valence-electron chi connectivity index (χ3n) is 4.30. The molecule has 1 aliphatic heterocycles. The molecule has 0 radical (unpaired) electrons. The number of aryl methyl sites for hydroxylation is 1. The summed E-state index contributed by atoms with van der Waals surface area (Å²) >= 11 is 0. The highest BCUT2D eigenvalue weighted by atomic mass is 16.5. The second-order valence-corrected chi connectivity index (χ2v) is 5.95. The van der Waals surface area contributed by atoms with Gasteiger partial charge in [0.1, 0.15) is 11.5 Å². The van der Waals surface area contributed by atoms with Crippen molar-refractivity contribution < 1.29 is 9.53 Å². The van der Waals surface area contributed by atoms with Crippen LogP contribution < -0.4 is 10.1 Å². The number of ether oxygens (including phenoxy) is 1. The van der Waals surface area contributed by atoms with E-state index in [1.54, 1.807) is 13.3 Å². The van der Waals surface area contributed by atoms with E-state index in [9.17, 15) is 4.79 Å². The fourth-order valence-electron chi connectivity index (χ4n) is 3.03. The molecular formula is C17H26N2O2. The number of piperidine rings is 1. The molecule has 0 saturated carbocycles. The summed E-state index contributed by atoms with van der Waals surface area (Å²) in [6.07, 6.45) is 7.52. The van der Waals surface area contributed by atoms with E-state index in [-0.39, 0.29) is 5.78 Å². The summed E-state index contributed by atoms with van der Waals surface area (Å²) in [5.41, 5.74) is 2.85. The minimum absolute atomic E-state index is 0.267. The molecule has 1 aromatic heterocycles. The number of methoxy groups -OCH3 is 1. The number of aromatic nitrogens is 1. The first-order chi connectivity index (χ1) is 10.1. The summed E-state index contributed by atoms with van der Waals surface area (Å²) < 4.78 is 5.39. The summed E-state index contributed by atoms with van der Waals surface area (Å²) in [6.45, 7) is 5.04. The molecule has 0 amide bonds. The van der Waals surface area contributed by atoms with Crippen molar-refractivity contribution >= 4 is 5.78 Å². The Bertz CT molecular complexity index is 494. The average molecular weight is 290 g/mol. The lowest BCUT2D eigenvalue weighted by atomic mass is 9.97. The Morgan fingerprint density at radius 2 is 2.24 bits per heavy atom. The third kappa shape index (κ3) is 4.27. The van der Waals surface area contributed by atoms with Crippen molar-refractivity contribution in [2.45, 2.75) is 58.4 Å². The van der Waals surface area contributed by atoms with Gasteiger partial charge in [-0.15, -0.1) is 0 Å². The monoisotopic (exact) mass is 290 g/mol. The van der Waals surface area contributed by atoms with Crippen molar-refractivity contribution in [1.29, 1.82) is 0 Å². The van der Waals surface area contributed by atoms with Crippen LogP contribution in [0.25, 0.3) is 0 Å². The van der Waals surface area contributed by atoms with E-state index in [0.29, 0.717) is 18.9 Å². The molecule has 1 unspecified atom stereocenters. The summed E-state index contributed by atoms with van der Waals surface area (Å²) in [5.74, 6) is 1.12. The van der Waals surface area contributed by atoms with Crippen molar-refractivity contribution in [2.24, 2.45) is 0 Å². The Balaban J connectivity index is 1.90. The normalized spacial score (nSPS) is 18.5. The minimum atomic E-state index is 0.267. The molecule has 1 fully saturated rings. The number of hydrogen-bond acceptors (Lipinski definition) is 4. The molecule has 1 aromatic rings. The smallest absolute Gasteiger partial charge is 0.138 e. The Morgan fingerprint density at radius 3 is 2.90 bits per heavy atom. The van der Waals surface area contributed by atoms with Gasteiger partial charge in [0.05, 0.1) is 12.8 Å². The number of hydrogen-bond donors (Lipinski definition) is 1. The standard InChI is InChI=1S/C17H26N2O2/c1-12-11-19-16(13(2)17(12)21-3)10-15(20)8-7-14-6-4-5-9-18-14/h11,14,18H,4-10H2,1-3H3. The predicted molar refractivity (Wildman–Crippen MR) is 83.8 cm³/mol. The van der Waals surface area contributed by atoms with Crippen molar-refractivity contribution in [2.75, 3.05) is 13.7 Å². The molecule has 1 aliphatic rings. The quantitative estimate of drug-likeness (QED) is 0.875. The van der Waals surface area contributed by atoms with E-state index in [0.717, 1.165) is 35.5 Å². The van der Waals surface area contributed by atoms with Gasteiger partial charge in [0.25, 0.3) is 0 Å². The Morgan fingerprint density at radius 1 is 1.43 bits per heavy atom. The molecule has 1 atom stereocenters. The van der Waals surface area contributed by atoms with E-state index in [1.807, 2.05) is 13.8 Å². The van der Waals surface area contributed by atoms with Crippen LogP contribution in [-0.4, -0.2) is 30.5 Å². The van der Waals surface area contributed by atoms with Crippen LogP contribution in [-0.2, 0) is 11.2 Å². The largest absolute Gasteiger partial charge is 0.496 e. The van der Waals surface area contributed by atoms with Crippen LogP contribution in [0.5, 0.6) is 5.75 Å². The van der Waals surface area contributed by atoms with Crippen molar-refractivity contribution in [1.82, 2.24) is 10.3 Å². The minimum Gasteiger partial charge on any atom is -0.496 e. The maximum atomic E-state index is 12.2. The molecule has 1 saturated heterocycles. The summed E-state index contributed by atoms with van der Waals surface area (Å²) in [4.78, 5) is 16.6. The summed E-state index contributed by atoms with van der Waals surface area (Å²) in [5, 5.41) is 3.49. The number of carbonyl (C=O) groups excluding carboxylic acids is 1. The van der Waals surface area contributed by atoms with Gasteiger partial charge in [-0.1, -0.05) is 6.42 Å². The lowest BCUT2D eigenvalue weighted by molar-refractivity contribution is -0.118. The highest BCUT2D eigenvalue weighted by Crippen LogP contribution is 2.24. The highest BCUT2D eigenvalue weighted by molar-refractivity contribution is 5.81. The lowest BCUT2D eigenvalue weighted by Crippen LogP contribution is -2.34. The maximum Gasteiger partial charge on any atom is 0.138 e. The van der Waals surface area contributed by atoms with Crippen LogP contribution in [0.2, 0.25) is 0 Å². The molecule has 2 heterocycles. The Labute approximate surface area is 127 Å². The molecule has 0 aliphatic carbocycles. The summed E-state index contributed by atoms with van der Waals surface area (Å²) in [7, 11) is 1.66. The van der Waals surface area contributed by atoms with Crippen LogP contribution in [0.15, 0.2) is 6.20 Å². The molecule has 0 spiro atoms. The van der Waals surface area contributed by atoms with Gasteiger partial charge in [-0.05, 0) is 39.7 Å². The fraction of sp³-hybridized carbons (Fsp3) is 0.647. The van der Waals surface area contributed by atoms with Crippen LogP contribution in [0.4, 0.5) is 0 Å². The van der Waals surface area contributed by atoms with Crippen LogP contribution in [0.1, 0.15) is 48.9 Å². The number of Topliss-reactive ketones (excluding diaryl/α,β-unsaturated/α-hetero) is 1. The highest BCUT2D eigenvalue weighted by Gasteiger charge is 2.16. The third-order valence-corrected chi connectivity index (χ3v) is 4.30. The fourth-order valence-corrected chi connectivity index (χ4v) is 3.03. The van der Waals surface area contributed by atoms with Crippen LogP contribution >= 0.6 is 0 Å². The molecule has 0 aromatic carbocycles. The molecule has 116 valence electrons. The van der Waals surface area contributed by atoms with Crippen LogP contribution in [0, 0.1) is 13.8 Å².